The van der Waals surface area contributed by atoms with Crippen molar-refractivity contribution in [2.24, 2.45) is 0 Å². The van der Waals surface area contributed by atoms with Gasteiger partial charge in [-0.15, -0.1) is 0 Å². The Hall–Kier alpha value is -2.49. The zero-order valence-electron chi connectivity index (χ0n) is 12.1. The summed E-state index contributed by atoms with van der Waals surface area (Å²) in [6.45, 7) is 4.30. The Kier molecular flexibility index (Phi) is 3.77. The normalized spacial score (nSPS) is 12.8. The van der Waals surface area contributed by atoms with Crippen molar-refractivity contribution in [2.75, 3.05) is 23.7 Å². The Labute approximate surface area is 124 Å². The predicted molar refractivity (Wildman–Crippen MR) is 85.8 cm³/mol. The number of hydrogen-bond acceptors (Lipinski definition) is 3. The smallest absolute Gasteiger partial charge is 0.253 e. The maximum Gasteiger partial charge on any atom is 0.253 e. The molecular weight excluding hydrogens is 262 g/mol. The molecule has 3 rings (SSSR count). The molecule has 0 saturated carbocycles. The zero-order chi connectivity index (χ0) is 14.7. The fraction of sp³-hybridized carbons (Fsp3) is 0.235. The number of anilines is 2. The van der Waals surface area contributed by atoms with Gasteiger partial charge in [0.25, 0.3) is 5.91 Å². The van der Waals surface area contributed by atoms with Gasteiger partial charge >= 0.3 is 0 Å². The largest absolute Gasteiger partial charge is 0.382 e. The number of amides is 1. The number of fused-ring (bicyclic) bond motifs is 1. The summed E-state index contributed by atoms with van der Waals surface area (Å²) >= 11 is 0. The summed E-state index contributed by atoms with van der Waals surface area (Å²) < 4.78 is 0. The van der Waals surface area contributed by atoms with Gasteiger partial charge in [0.15, 0.2) is 0 Å². The Balaban J connectivity index is 1.72. The van der Waals surface area contributed by atoms with Crippen molar-refractivity contribution in [2.45, 2.75) is 13.5 Å². The van der Waals surface area contributed by atoms with Crippen LogP contribution in [-0.2, 0) is 6.54 Å². The second-order valence-corrected chi connectivity index (χ2v) is 5.25. The van der Waals surface area contributed by atoms with Crippen LogP contribution in [0, 0.1) is 6.92 Å². The van der Waals surface area contributed by atoms with E-state index in [1.807, 2.05) is 30.3 Å². The van der Waals surface area contributed by atoms with Crippen molar-refractivity contribution < 1.29 is 4.79 Å². The van der Waals surface area contributed by atoms with Crippen molar-refractivity contribution in [1.82, 2.24) is 5.32 Å². The van der Waals surface area contributed by atoms with Crippen molar-refractivity contribution in [3.63, 3.8) is 0 Å². The molecule has 1 heterocycles. The summed E-state index contributed by atoms with van der Waals surface area (Å²) in [5.74, 6) is -0.0522. The van der Waals surface area contributed by atoms with E-state index in [-0.39, 0.29) is 5.91 Å². The molecule has 0 saturated heterocycles. The summed E-state index contributed by atoms with van der Waals surface area (Å²) in [4.78, 5) is 12.4. The first-order valence-corrected chi connectivity index (χ1v) is 7.18. The summed E-state index contributed by atoms with van der Waals surface area (Å²) in [5, 5.41) is 9.57. The predicted octanol–water partition coefficient (Wildman–Crippen LogP) is 2.76. The molecule has 0 atom stereocenters. The second kappa shape index (κ2) is 5.87. The zero-order valence-corrected chi connectivity index (χ0v) is 12.1. The second-order valence-electron chi connectivity index (χ2n) is 5.25. The van der Waals surface area contributed by atoms with E-state index in [4.69, 9.17) is 0 Å². The topological polar surface area (TPSA) is 53.2 Å². The van der Waals surface area contributed by atoms with E-state index in [9.17, 15) is 4.79 Å². The van der Waals surface area contributed by atoms with E-state index < -0.39 is 0 Å². The van der Waals surface area contributed by atoms with Gasteiger partial charge in [0.1, 0.15) is 0 Å². The molecule has 0 bridgehead atoms. The van der Waals surface area contributed by atoms with Gasteiger partial charge < -0.3 is 16.0 Å². The van der Waals surface area contributed by atoms with Gasteiger partial charge in [0.2, 0.25) is 0 Å². The Morgan fingerprint density at radius 1 is 1.10 bits per heavy atom. The highest BCUT2D eigenvalue weighted by Crippen LogP contribution is 2.28. The molecule has 4 heteroatoms. The number of nitrogens with one attached hydrogen (secondary N) is 3. The minimum atomic E-state index is -0.0522. The third-order valence-electron chi connectivity index (χ3n) is 3.62. The number of benzene rings is 2. The number of rotatable bonds is 3. The fourth-order valence-corrected chi connectivity index (χ4v) is 2.45. The molecule has 1 amide bonds. The first-order chi connectivity index (χ1) is 10.2. The summed E-state index contributed by atoms with van der Waals surface area (Å²) in [5.41, 5.74) is 4.89. The molecule has 21 heavy (non-hydrogen) atoms. The minimum Gasteiger partial charge on any atom is -0.382 e. The van der Waals surface area contributed by atoms with Crippen LogP contribution in [0.15, 0.2) is 42.5 Å². The summed E-state index contributed by atoms with van der Waals surface area (Å²) in [7, 11) is 0. The van der Waals surface area contributed by atoms with Gasteiger partial charge in [0.05, 0.1) is 16.9 Å². The average Bonchev–Trinajstić information content (AvgIpc) is 2.53. The highest BCUT2D eigenvalue weighted by molar-refractivity contribution is 6.02. The van der Waals surface area contributed by atoms with E-state index in [1.165, 1.54) is 5.56 Å². The van der Waals surface area contributed by atoms with Gasteiger partial charge in [-0.2, -0.15) is 0 Å². The van der Waals surface area contributed by atoms with Gasteiger partial charge in [-0.3, -0.25) is 4.79 Å². The van der Waals surface area contributed by atoms with Crippen LogP contribution in [0.5, 0.6) is 0 Å². The third kappa shape index (κ3) is 2.99. The van der Waals surface area contributed by atoms with Crippen LogP contribution in [0.25, 0.3) is 0 Å². The molecule has 4 nitrogen and oxygen atoms in total. The standard InChI is InChI=1S/C17H19N3O/c1-12-5-7-13(8-6-12)11-20-17(21)14-3-2-4-15-16(14)19-10-9-18-15/h2-8,18-19H,9-11H2,1H3,(H,20,21). The SMILES string of the molecule is Cc1ccc(CNC(=O)c2cccc3c2NCCN3)cc1. The Morgan fingerprint density at radius 2 is 1.86 bits per heavy atom. The average molecular weight is 281 g/mol. The van der Waals surface area contributed by atoms with Crippen LogP contribution in [-0.4, -0.2) is 19.0 Å². The monoisotopic (exact) mass is 281 g/mol. The van der Waals surface area contributed by atoms with E-state index in [0.717, 1.165) is 30.0 Å². The van der Waals surface area contributed by atoms with Crippen LogP contribution >= 0.6 is 0 Å². The first-order valence-electron chi connectivity index (χ1n) is 7.18. The van der Waals surface area contributed by atoms with Gasteiger partial charge in [-0.1, -0.05) is 35.9 Å². The van der Waals surface area contributed by atoms with E-state index in [0.29, 0.717) is 12.1 Å². The molecule has 0 fully saturated rings. The van der Waals surface area contributed by atoms with Gasteiger partial charge in [0, 0.05) is 19.6 Å². The maximum absolute atomic E-state index is 12.4. The fourth-order valence-electron chi connectivity index (χ4n) is 2.45. The molecule has 0 unspecified atom stereocenters. The van der Waals surface area contributed by atoms with E-state index in [2.05, 4.69) is 35.0 Å². The lowest BCUT2D eigenvalue weighted by molar-refractivity contribution is 0.0951. The molecule has 0 aromatic heterocycles. The third-order valence-corrected chi connectivity index (χ3v) is 3.62. The van der Waals surface area contributed by atoms with Gasteiger partial charge in [-0.25, -0.2) is 0 Å². The number of hydrogen-bond donors (Lipinski definition) is 3. The lowest BCUT2D eigenvalue weighted by Gasteiger charge is -2.22. The van der Waals surface area contributed by atoms with Crippen molar-refractivity contribution >= 4 is 17.3 Å². The van der Waals surface area contributed by atoms with E-state index in [1.54, 1.807) is 0 Å². The van der Waals surface area contributed by atoms with Crippen molar-refractivity contribution in [3.8, 4) is 0 Å². The molecule has 2 aromatic carbocycles. The highest BCUT2D eigenvalue weighted by Gasteiger charge is 2.16. The molecule has 1 aliphatic rings. The number of carbonyl (C=O) groups excluding carboxylic acids is 1. The lowest BCUT2D eigenvalue weighted by Crippen LogP contribution is -2.27. The van der Waals surface area contributed by atoms with Crippen LogP contribution in [0.4, 0.5) is 11.4 Å². The highest BCUT2D eigenvalue weighted by atomic mass is 16.1. The van der Waals surface area contributed by atoms with Crippen LogP contribution in [0.3, 0.4) is 0 Å². The molecule has 0 aliphatic carbocycles. The van der Waals surface area contributed by atoms with Crippen LogP contribution in [0.2, 0.25) is 0 Å². The molecule has 2 aromatic rings. The minimum absolute atomic E-state index is 0.0522. The number of para-hydroxylation sites is 1. The molecule has 3 N–H and O–H groups in total. The summed E-state index contributed by atoms with van der Waals surface area (Å²) in [6, 6.07) is 13.9. The van der Waals surface area contributed by atoms with E-state index >= 15 is 0 Å². The Bertz CT molecular complexity index is 650. The lowest BCUT2D eigenvalue weighted by atomic mass is 10.1. The first kappa shape index (κ1) is 13.5. The molecule has 108 valence electrons. The number of aryl methyl sites for hydroxylation is 1. The maximum atomic E-state index is 12.4. The van der Waals surface area contributed by atoms with Gasteiger partial charge in [-0.05, 0) is 24.6 Å². The quantitative estimate of drug-likeness (QED) is 0.811. The van der Waals surface area contributed by atoms with Crippen molar-refractivity contribution in [3.05, 3.63) is 59.2 Å². The molecule has 0 radical (unpaired) electrons. The summed E-state index contributed by atoms with van der Waals surface area (Å²) in [6.07, 6.45) is 0. The van der Waals surface area contributed by atoms with Crippen molar-refractivity contribution in [1.29, 1.82) is 0 Å². The molecular formula is C17H19N3O. The Morgan fingerprint density at radius 3 is 2.67 bits per heavy atom. The molecule has 1 aliphatic heterocycles. The molecule has 0 spiro atoms. The van der Waals surface area contributed by atoms with Crippen LogP contribution in [0.1, 0.15) is 21.5 Å². The number of carbonyl (C=O) groups is 1. The van der Waals surface area contributed by atoms with Crippen LogP contribution < -0.4 is 16.0 Å².